The van der Waals surface area contributed by atoms with E-state index in [9.17, 15) is 17.6 Å². The summed E-state index contributed by atoms with van der Waals surface area (Å²) in [5.74, 6) is 0.235. The smallest absolute Gasteiger partial charge is 0.222 e. The fraction of sp³-hybridized carbons (Fsp3) is 0.579. The summed E-state index contributed by atoms with van der Waals surface area (Å²) in [6.45, 7) is 4.91. The molecule has 1 aliphatic heterocycles. The molecule has 1 aromatic rings. The molecule has 1 fully saturated rings. The van der Waals surface area contributed by atoms with Gasteiger partial charge >= 0.3 is 0 Å². The summed E-state index contributed by atoms with van der Waals surface area (Å²) in [6, 6.07) is 6.22. The van der Waals surface area contributed by atoms with Crippen molar-refractivity contribution in [1.82, 2.24) is 16.0 Å². The third kappa shape index (κ3) is 6.78. The molecule has 2 rings (SSSR count). The van der Waals surface area contributed by atoms with E-state index in [2.05, 4.69) is 20.9 Å². The second-order valence-electron chi connectivity index (χ2n) is 7.66. The third-order valence-electron chi connectivity index (χ3n) is 4.77. The second kappa shape index (κ2) is 9.36. The second-order valence-corrected chi connectivity index (χ2v) is 9.89. The lowest BCUT2D eigenvalue weighted by molar-refractivity contribution is -0.121. The van der Waals surface area contributed by atoms with Gasteiger partial charge in [0.1, 0.15) is 5.82 Å². The van der Waals surface area contributed by atoms with Crippen molar-refractivity contribution in [2.24, 2.45) is 4.99 Å². The van der Waals surface area contributed by atoms with Crippen LogP contribution in [0.1, 0.15) is 32.3 Å². The van der Waals surface area contributed by atoms with E-state index in [1.165, 1.54) is 12.1 Å². The van der Waals surface area contributed by atoms with E-state index in [0.29, 0.717) is 25.5 Å². The summed E-state index contributed by atoms with van der Waals surface area (Å²) in [6.07, 6.45) is 0.685. The van der Waals surface area contributed by atoms with E-state index in [1.54, 1.807) is 13.1 Å². The lowest BCUT2D eigenvalue weighted by atomic mass is 9.84. The molecule has 1 amide bonds. The van der Waals surface area contributed by atoms with Crippen LogP contribution in [-0.4, -0.2) is 58.0 Å². The number of rotatable bonds is 7. The number of halogens is 1. The maximum atomic E-state index is 13.5. The number of benzene rings is 1. The molecule has 0 bridgehead atoms. The Morgan fingerprint density at radius 3 is 2.68 bits per heavy atom. The summed E-state index contributed by atoms with van der Waals surface area (Å²) in [5.41, 5.74) is 0.562. The number of carbonyl (C=O) groups is 1. The molecule has 1 aromatic carbocycles. The number of carbonyl (C=O) groups excluding carboxylic acids is 1. The molecule has 1 atom stereocenters. The largest absolute Gasteiger partial charge is 0.356 e. The van der Waals surface area contributed by atoms with Crippen LogP contribution >= 0.6 is 0 Å². The van der Waals surface area contributed by atoms with Gasteiger partial charge in [-0.15, -0.1) is 0 Å². The van der Waals surface area contributed by atoms with Gasteiger partial charge in [-0.05, 0) is 24.1 Å². The van der Waals surface area contributed by atoms with Crippen molar-refractivity contribution in [3.05, 3.63) is 35.6 Å². The quantitative estimate of drug-likeness (QED) is 0.458. The third-order valence-corrected chi connectivity index (χ3v) is 6.54. The Bertz CT molecular complexity index is 824. The number of hydrogen-bond acceptors (Lipinski definition) is 4. The van der Waals surface area contributed by atoms with Crippen LogP contribution in [0.3, 0.4) is 0 Å². The van der Waals surface area contributed by atoms with Crippen molar-refractivity contribution >= 4 is 21.7 Å². The SMILES string of the molecule is CN=C(NCCC(=O)NC1CCS(=O)(=O)C1)NCC(C)(C)c1cccc(F)c1. The molecule has 7 nitrogen and oxygen atoms in total. The highest BCUT2D eigenvalue weighted by atomic mass is 32.2. The minimum Gasteiger partial charge on any atom is -0.356 e. The van der Waals surface area contributed by atoms with Crippen LogP contribution in [0.15, 0.2) is 29.3 Å². The van der Waals surface area contributed by atoms with Crippen molar-refractivity contribution in [2.45, 2.75) is 38.1 Å². The van der Waals surface area contributed by atoms with Gasteiger partial charge < -0.3 is 16.0 Å². The lowest BCUT2D eigenvalue weighted by Gasteiger charge is -2.26. The molecular formula is C19H29FN4O3S. The first-order valence-electron chi connectivity index (χ1n) is 9.32. The highest BCUT2D eigenvalue weighted by Crippen LogP contribution is 2.22. The number of guanidine groups is 1. The maximum Gasteiger partial charge on any atom is 0.222 e. The Labute approximate surface area is 166 Å². The summed E-state index contributed by atoms with van der Waals surface area (Å²) in [7, 11) is -1.38. The number of aliphatic imine (C=N–C) groups is 1. The van der Waals surface area contributed by atoms with Gasteiger partial charge in [0.15, 0.2) is 15.8 Å². The molecule has 9 heteroatoms. The number of hydrogen-bond donors (Lipinski definition) is 3. The van der Waals surface area contributed by atoms with Gasteiger partial charge in [0.25, 0.3) is 0 Å². The molecule has 1 saturated heterocycles. The molecule has 156 valence electrons. The molecule has 0 saturated carbocycles. The van der Waals surface area contributed by atoms with Gasteiger partial charge in [0.2, 0.25) is 5.91 Å². The Balaban J connectivity index is 1.74. The molecule has 1 unspecified atom stereocenters. The van der Waals surface area contributed by atoms with Crippen LogP contribution in [-0.2, 0) is 20.0 Å². The topological polar surface area (TPSA) is 99.7 Å². The number of nitrogens with zero attached hydrogens (tertiary/aromatic N) is 1. The summed E-state index contributed by atoms with van der Waals surface area (Å²) in [5, 5.41) is 9.01. The minimum atomic E-state index is -3.01. The maximum absolute atomic E-state index is 13.5. The van der Waals surface area contributed by atoms with Gasteiger partial charge in [-0.1, -0.05) is 26.0 Å². The molecule has 1 aliphatic rings. The van der Waals surface area contributed by atoms with Crippen molar-refractivity contribution in [3.63, 3.8) is 0 Å². The van der Waals surface area contributed by atoms with E-state index in [0.717, 1.165) is 5.56 Å². The van der Waals surface area contributed by atoms with Gasteiger partial charge in [-0.25, -0.2) is 12.8 Å². The van der Waals surface area contributed by atoms with Crippen LogP contribution in [0.25, 0.3) is 0 Å². The minimum absolute atomic E-state index is 0.0184. The lowest BCUT2D eigenvalue weighted by Crippen LogP contribution is -2.44. The molecular weight excluding hydrogens is 383 g/mol. The van der Waals surface area contributed by atoms with E-state index in [-0.39, 0.29) is 41.1 Å². The molecule has 0 spiro atoms. The summed E-state index contributed by atoms with van der Waals surface area (Å²) < 4.78 is 36.3. The number of amides is 1. The Morgan fingerprint density at radius 1 is 1.32 bits per heavy atom. The van der Waals surface area contributed by atoms with Crippen molar-refractivity contribution in [1.29, 1.82) is 0 Å². The molecule has 0 aliphatic carbocycles. The van der Waals surface area contributed by atoms with Crippen LogP contribution < -0.4 is 16.0 Å². The monoisotopic (exact) mass is 412 g/mol. The zero-order valence-corrected chi connectivity index (χ0v) is 17.4. The average molecular weight is 413 g/mol. The first-order chi connectivity index (χ1) is 13.1. The van der Waals surface area contributed by atoms with Crippen LogP contribution in [0, 0.1) is 5.82 Å². The van der Waals surface area contributed by atoms with E-state index in [1.807, 2.05) is 19.9 Å². The molecule has 0 radical (unpaired) electrons. The van der Waals surface area contributed by atoms with Crippen molar-refractivity contribution in [2.75, 3.05) is 31.6 Å². The zero-order valence-electron chi connectivity index (χ0n) is 16.6. The van der Waals surface area contributed by atoms with Gasteiger partial charge in [0.05, 0.1) is 11.5 Å². The van der Waals surface area contributed by atoms with Crippen molar-refractivity contribution in [3.8, 4) is 0 Å². The summed E-state index contributed by atoms with van der Waals surface area (Å²) in [4.78, 5) is 16.1. The molecule has 28 heavy (non-hydrogen) atoms. The van der Waals surface area contributed by atoms with Gasteiger partial charge in [-0.3, -0.25) is 9.79 Å². The highest BCUT2D eigenvalue weighted by molar-refractivity contribution is 7.91. The summed E-state index contributed by atoms with van der Waals surface area (Å²) >= 11 is 0. The van der Waals surface area contributed by atoms with E-state index >= 15 is 0 Å². The Kier molecular flexibility index (Phi) is 7.40. The fourth-order valence-electron chi connectivity index (χ4n) is 3.04. The van der Waals surface area contributed by atoms with Gasteiger partial charge in [-0.2, -0.15) is 0 Å². The standard InChI is InChI=1S/C19H29FN4O3S/c1-19(2,14-5-4-6-15(20)11-14)13-23-18(21-3)22-9-7-17(25)24-16-8-10-28(26,27)12-16/h4-6,11,16H,7-10,12-13H2,1-3H3,(H,24,25)(H2,21,22,23). The molecule has 3 N–H and O–H groups in total. The van der Waals surface area contributed by atoms with Crippen molar-refractivity contribution < 1.29 is 17.6 Å². The van der Waals surface area contributed by atoms with Crippen LogP contribution in [0.5, 0.6) is 0 Å². The van der Waals surface area contributed by atoms with E-state index in [4.69, 9.17) is 0 Å². The predicted molar refractivity (Wildman–Crippen MR) is 109 cm³/mol. The normalized spacial score (nSPS) is 19.3. The number of nitrogens with one attached hydrogen (secondary N) is 3. The van der Waals surface area contributed by atoms with Crippen LogP contribution in [0.4, 0.5) is 4.39 Å². The Morgan fingerprint density at radius 2 is 2.07 bits per heavy atom. The zero-order chi connectivity index (χ0) is 20.8. The van der Waals surface area contributed by atoms with E-state index < -0.39 is 9.84 Å². The fourth-order valence-corrected chi connectivity index (χ4v) is 4.71. The predicted octanol–water partition coefficient (Wildman–Crippen LogP) is 0.962. The van der Waals surface area contributed by atoms with Crippen LogP contribution in [0.2, 0.25) is 0 Å². The average Bonchev–Trinajstić information content (AvgIpc) is 2.96. The Hall–Kier alpha value is -2.16. The number of sulfone groups is 1. The molecule has 0 aromatic heterocycles. The molecule has 1 heterocycles. The first-order valence-corrected chi connectivity index (χ1v) is 11.1. The first kappa shape index (κ1) is 22.1. The highest BCUT2D eigenvalue weighted by Gasteiger charge is 2.28. The van der Waals surface area contributed by atoms with Gasteiger partial charge in [0, 0.05) is 38.0 Å².